The van der Waals surface area contributed by atoms with E-state index < -0.39 is 84.6 Å². The zero-order chi connectivity index (χ0) is 46.8. The van der Waals surface area contributed by atoms with E-state index in [1.54, 1.807) is 0 Å². The molecule has 2 unspecified atom stereocenters. The van der Waals surface area contributed by atoms with Crippen molar-refractivity contribution in [3.05, 3.63) is 37.0 Å². The summed E-state index contributed by atoms with van der Waals surface area (Å²) in [5.74, 6) is -1.09. The Morgan fingerprint density at radius 1 is 0.968 bits per heavy atom. The summed E-state index contributed by atoms with van der Waals surface area (Å²) in [5.41, 5.74) is 4.27. The number of carbonyl (C=O) groups excluding carboxylic acids is 3. The fourth-order valence-corrected chi connectivity index (χ4v) is 9.23. The summed E-state index contributed by atoms with van der Waals surface area (Å²) in [6.07, 6.45) is 9.30. The molecule has 0 saturated carbocycles. The van der Waals surface area contributed by atoms with Gasteiger partial charge in [0, 0.05) is 37.1 Å². The number of rotatable bonds is 29. The fraction of sp³-hybridized carbons (Fsp3) is 0.657. The number of hydrogen-bond acceptors (Lipinski definition) is 18. The molecule has 2 aromatic rings. The molecular weight excluding hydrogens is 915 g/mol. The molecule has 10 N–H and O–H groups in total. The summed E-state index contributed by atoms with van der Waals surface area (Å²) >= 11 is 1.09. The molecule has 0 spiro atoms. The minimum Gasteiger partial charge on any atom is -0.386 e. The van der Waals surface area contributed by atoms with Gasteiger partial charge in [0.15, 0.2) is 22.8 Å². The van der Waals surface area contributed by atoms with Gasteiger partial charge >= 0.3 is 23.5 Å². The zero-order valence-corrected chi connectivity index (χ0v) is 38.5. The van der Waals surface area contributed by atoms with Gasteiger partial charge in [-0.25, -0.2) is 28.6 Å². The molecule has 2 aromatic heterocycles. The van der Waals surface area contributed by atoms with Gasteiger partial charge in [-0.05, 0) is 32.1 Å². The molecule has 2 amide bonds. The van der Waals surface area contributed by atoms with E-state index in [0.29, 0.717) is 5.75 Å². The Morgan fingerprint density at radius 3 is 2.32 bits per heavy atom. The monoisotopic (exact) mass is 973 g/mol. The van der Waals surface area contributed by atoms with E-state index in [1.165, 1.54) is 33.1 Å². The number of ether oxygens (including phenoxy) is 1. The molecular formula is C35H58N7O17P3S. The smallest absolute Gasteiger partial charge is 0.386 e. The molecule has 24 nitrogen and oxygen atoms in total. The number of amides is 2. The van der Waals surface area contributed by atoms with Crippen LogP contribution in [-0.2, 0) is 50.7 Å². The summed E-state index contributed by atoms with van der Waals surface area (Å²) in [7, 11) is -16.4. The van der Waals surface area contributed by atoms with Crippen molar-refractivity contribution in [3.63, 3.8) is 0 Å². The zero-order valence-electron chi connectivity index (χ0n) is 35.0. The maximum atomic E-state index is 12.7. The summed E-state index contributed by atoms with van der Waals surface area (Å²) in [6.45, 7) is 2.69. The SMILES string of the molecule is CCCCC/C=C\CCC/C=C/CC(=O)SCCNC(=O)CCNC(=O)[C@H](O)C(C)(C)COP(=O)(O)OP(=O)(O)OC[C@H]1O[C@@H](n2cnc3c(N)ncnc32)[C@H](O)[C@@H]1OP(=O)(O)O. The van der Waals surface area contributed by atoms with E-state index in [9.17, 15) is 57.9 Å². The third-order valence-electron chi connectivity index (χ3n) is 9.10. The fourth-order valence-electron chi connectivity index (χ4n) is 5.75. The van der Waals surface area contributed by atoms with E-state index in [-0.39, 0.29) is 48.0 Å². The van der Waals surface area contributed by atoms with Crippen molar-refractivity contribution < 1.29 is 80.5 Å². The number of nitrogen functional groups attached to an aromatic ring is 1. The highest BCUT2D eigenvalue weighted by Crippen LogP contribution is 2.61. The number of fused-ring (bicyclic) bond motifs is 1. The van der Waals surface area contributed by atoms with E-state index in [1.807, 2.05) is 12.2 Å². The first-order valence-corrected chi connectivity index (χ1v) is 25.4. The van der Waals surface area contributed by atoms with Crippen LogP contribution in [0.4, 0.5) is 5.82 Å². The second-order valence-corrected chi connectivity index (χ2v) is 20.3. The average Bonchev–Trinajstić information content (AvgIpc) is 3.76. The predicted octanol–water partition coefficient (Wildman–Crippen LogP) is 2.92. The molecule has 7 atom stereocenters. The number of nitrogens with one attached hydrogen (secondary N) is 2. The number of hydrogen-bond donors (Lipinski definition) is 9. The van der Waals surface area contributed by atoms with E-state index in [0.717, 1.165) is 54.7 Å². The number of nitrogens with zero attached hydrogens (tertiary/aromatic N) is 4. The van der Waals surface area contributed by atoms with Crippen LogP contribution in [-0.4, -0.2) is 123 Å². The number of unbranched alkanes of at least 4 members (excludes halogenated alkanes) is 5. The van der Waals surface area contributed by atoms with Gasteiger partial charge < -0.3 is 50.9 Å². The highest BCUT2D eigenvalue weighted by molar-refractivity contribution is 8.13. The molecule has 356 valence electrons. The van der Waals surface area contributed by atoms with Gasteiger partial charge in [-0.2, -0.15) is 4.31 Å². The lowest BCUT2D eigenvalue weighted by molar-refractivity contribution is -0.137. The van der Waals surface area contributed by atoms with Crippen LogP contribution >= 0.6 is 35.2 Å². The van der Waals surface area contributed by atoms with Crippen LogP contribution in [0.25, 0.3) is 11.2 Å². The van der Waals surface area contributed by atoms with Crippen molar-refractivity contribution in [2.75, 3.05) is 37.8 Å². The number of aliphatic hydroxyl groups is 2. The second-order valence-electron chi connectivity index (χ2n) is 14.9. The van der Waals surface area contributed by atoms with Crippen LogP contribution in [0.5, 0.6) is 0 Å². The van der Waals surface area contributed by atoms with Gasteiger partial charge in [0.05, 0.1) is 19.5 Å². The summed E-state index contributed by atoms with van der Waals surface area (Å²) in [6, 6.07) is 0. The molecule has 28 heteroatoms. The lowest BCUT2D eigenvalue weighted by Gasteiger charge is -2.30. The number of carbonyl (C=O) groups is 3. The molecule has 3 rings (SSSR count). The van der Waals surface area contributed by atoms with Crippen molar-refractivity contribution in [2.45, 2.75) is 109 Å². The number of aliphatic hydroxyl groups excluding tert-OH is 2. The van der Waals surface area contributed by atoms with Crippen LogP contribution in [0, 0.1) is 5.41 Å². The standard InChI is InChI=1S/C35H58N7O17P3S/c1-4-5-6-7-8-9-10-11-12-13-14-15-26(44)63-19-18-37-25(43)16-17-38-33(47)30(46)35(2,3)21-56-62(53,54)59-61(51,52)55-20-24-29(58-60(48,49)50)28(45)34(57-24)42-23-41-27-31(36)39-22-40-32(27)42/h8-9,13-14,22-24,28-30,34,45-46H,4-7,10-12,15-21H2,1-3H3,(H,37,43)(H,38,47)(H,51,52)(H,53,54)(H2,36,39,40)(H2,48,49,50)/b9-8-,14-13+/t24-,28-,29-,30+,34-/m1/s1. The third-order valence-corrected chi connectivity index (χ3v) is 13.1. The highest BCUT2D eigenvalue weighted by Gasteiger charge is 2.50. The molecule has 1 aliphatic rings. The minimum absolute atomic E-state index is 0.0311. The lowest BCUT2D eigenvalue weighted by atomic mass is 9.87. The number of phosphoric acid groups is 3. The maximum Gasteiger partial charge on any atom is 0.481 e. The van der Waals surface area contributed by atoms with Crippen LogP contribution in [0.1, 0.15) is 84.8 Å². The number of aromatic nitrogens is 4. The molecule has 0 aromatic carbocycles. The predicted molar refractivity (Wildman–Crippen MR) is 228 cm³/mol. The van der Waals surface area contributed by atoms with Gasteiger partial charge in [0.1, 0.15) is 36.3 Å². The first-order chi connectivity index (χ1) is 29.6. The first-order valence-electron chi connectivity index (χ1n) is 19.9. The van der Waals surface area contributed by atoms with Crippen molar-refractivity contribution in [1.82, 2.24) is 30.2 Å². The van der Waals surface area contributed by atoms with E-state index in [2.05, 4.69) is 53.5 Å². The number of anilines is 1. The summed E-state index contributed by atoms with van der Waals surface area (Å²) in [5, 5.41) is 26.5. The van der Waals surface area contributed by atoms with Crippen molar-refractivity contribution in [1.29, 1.82) is 0 Å². The first kappa shape index (κ1) is 54.4. The van der Waals surface area contributed by atoms with Gasteiger partial charge in [0.2, 0.25) is 11.8 Å². The van der Waals surface area contributed by atoms with Crippen LogP contribution in [0.2, 0.25) is 0 Å². The average molecular weight is 974 g/mol. The van der Waals surface area contributed by atoms with Crippen LogP contribution in [0.3, 0.4) is 0 Å². The van der Waals surface area contributed by atoms with E-state index >= 15 is 0 Å². The van der Waals surface area contributed by atoms with E-state index in [4.69, 9.17) is 19.5 Å². The van der Waals surface area contributed by atoms with Crippen LogP contribution < -0.4 is 16.4 Å². The van der Waals surface area contributed by atoms with Gasteiger partial charge in [-0.3, -0.25) is 32.5 Å². The van der Waals surface area contributed by atoms with Gasteiger partial charge in [-0.15, -0.1) is 0 Å². The topological polar surface area (TPSA) is 364 Å². The molecule has 3 heterocycles. The number of thioether (sulfide) groups is 1. The van der Waals surface area contributed by atoms with Crippen molar-refractivity contribution >= 4 is 69.1 Å². The molecule has 0 radical (unpaired) electrons. The highest BCUT2D eigenvalue weighted by atomic mass is 32.2. The van der Waals surface area contributed by atoms with Crippen LogP contribution in [0.15, 0.2) is 37.0 Å². The third kappa shape index (κ3) is 19.2. The van der Waals surface area contributed by atoms with Crippen molar-refractivity contribution in [3.8, 4) is 0 Å². The molecule has 1 aliphatic heterocycles. The Kier molecular flexibility index (Phi) is 22.1. The largest absolute Gasteiger partial charge is 0.481 e. The van der Waals surface area contributed by atoms with Crippen molar-refractivity contribution in [2.24, 2.45) is 5.41 Å². The lowest BCUT2D eigenvalue weighted by Crippen LogP contribution is -2.46. The summed E-state index contributed by atoms with van der Waals surface area (Å²) < 4.78 is 62.3. The molecule has 1 fully saturated rings. The maximum absolute atomic E-state index is 12.7. The normalized spacial score (nSPS) is 20.8. The quantitative estimate of drug-likeness (QED) is 0.0321. The Balaban J connectivity index is 1.37. The Bertz CT molecular complexity index is 2020. The Morgan fingerprint density at radius 2 is 1.63 bits per heavy atom. The molecule has 0 aliphatic carbocycles. The second kappa shape index (κ2) is 25.7. The minimum atomic E-state index is -5.58. The Labute approximate surface area is 368 Å². The summed E-state index contributed by atoms with van der Waals surface area (Å²) in [4.78, 5) is 88.0. The number of allylic oxidation sites excluding steroid dienone is 4. The number of phosphoric ester groups is 3. The van der Waals surface area contributed by atoms with Gasteiger partial charge in [-0.1, -0.05) is 69.7 Å². The molecule has 0 bridgehead atoms. The number of imidazole rings is 1. The molecule has 1 saturated heterocycles. The van der Waals surface area contributed by atoms with Gasteiger partial charge in [0.25, 0.3) is 0 Å². The molecule has 63 heavy (non-hydrogen) atoms. The Hall–Kier alpha value is -2.96. The number of nitrogens with two attached hydrogens (primary N) is 1.